The second-order valence-corrected chi connectivity index (χ2v) is 9.67. The lowest BCUT2D eigenvalue weighted by atomic mass is 9.81. The van der Waals surface area contributed by atoms with E-state index in [0.29, 0.717) is 24.3 Å². The van der Waals surface area contributed by atoms with Crippen molar-refractivity contribution < 1.29 is 4.79 Å². The summed E-state index contributed by atoms with van der Waals surface area (Å²) in [6.07, 6.45) is 4.56. The molecule has 35 heavy (non-hydrogen) atoms. The first-order valence-corrected chi connectivity index (χ1v) is 12.5. The molecule has 6 nitrogen and oxygen atoms in total. The minimum absolute atomic E-state index is 0.0435. The van der Waals surface area contributed by atoms with E-state index in [0.717, 1.165) is 47.9 Å². The number of aromatic nitrogens is 2. The van der Waals surface area contributed by atoms with Crippen LogP contribution in [-0.4, -0.2) is 22.6 Å². The summed E-state index contributed by atoms with van der Waals surface area (Å²) in [5, 5.41) is 9.53. The zero-order valence-electron chi connectivity index (χ0n) is 19.8. The van der Waals surface area contributed by atoms with Crippen LogP contribution in [0, 0.1) is 11.8 Å². The van der Waals surface area contributed by atoms with E-state index in [1.54, 1.807) is 0 Å². The van der Waals surface area contributed by atoms with E-state index in [-0.39, 0.29) is 23.4 Å². The maximum atomic E-state index is 13.3. The molecular formula is C29H32N4O2. The number of carbonyl (C=O) groups excluding carboxylic acids is 1. The highest BCUT2D eigenvalue weighted by atomic mass is 16.2. The average Bonchev–Trinajstić information content (AvgIpc) is 3.29. The summed E-state index contributed by atoms with van der Waals surface area (Å²) in [7, 11) is 0. The highest BCUT2D eigenvalue weighted by Crippen LogP contribution is 2.30. The van der Waals surface area contributed by atoms with Crippen LogP contribution in [0.15, 0.2) is 77.6 Å². The van der Waals surface area contributed by atoms with Crippen molar-refractivity contribution >= 4 is 16.8 Å². The molecule has 5 N–H and O–H groups in total. The van der Waals surface area contributed by atoms with Crippen molar-refractivity contribution in [3.8, 4) is 11.1 Å². The first-order valence-electron chi connectivity index (χ1n) is 12.5. The Hall–Kier alpha value is -3.64. The quantitative estimate of drug-likeness (QED) is 0.316. The van der Waals surface area contributed by atoms with Crippen LogP contribution in [0.3, 0.4) is 0 Å². The number of nitrogens with two attached hydrogens (primary N) is 1. The smallest absolute Gasteiger partial charge is 0.271 e. The monoisotopic (exact) mass is 468 g/mol. The first-order chi connectivity index (χ1) is 17.1. The van der Waals surface area contributed by atoms with Crippen molar-refractivity contribution in [1.82, 2.24) is 15.5 Å². The van der Waals surface area contributed by atoms with E-state index >= 15 is 0 Å². The fourth-order valence-corrected chi connectivity index (χ4v) is 5.20. The SMILES string of the molecule is NCC1CCC(C(=O)N[C@@H](Cc2ccccc2)c2cccc(-c3ccc4[nH][nH]c(=O)c4c3)c2)CC1. The lowest BCUT2D eigenvalue weighted by Crippen LogP contribution is -2.37. The lowest BCUT2D eigenvalue weighted by Gasteiger charge is -2.29. The summed E-state index contributed by atoms with van der Waals surface area (Å²) >= 11 is 0. The van der Waals surface area contributed by atoms with Gasteiger partial charge in [0.1, 0.15) is 0 Å². The van der Waals surface area contributed by atoms with Crippen molar-refractivity contribution in [2.75, 3.05) is 6.54 Å². The molecule has 1 aliphatic carbocycles. The molecule has 4 aromatic rings. The van der Waals surface area contributed by atoms with E-state index in [9.17, 15) is 9.59 Å². The summed E-state index contributed by atoms with van der Waals surface area (Å²) in [5.74, 6) is 0.717. The van der Waals surface area contributed by atoms with Gasteiger partial charge < -0.3 is 11.1 Å². The minimum atomic E-state index is -0.142. The molecule has 5 rings (SSSR count). The van der Waals surface area contributed by atoms with Gasteiger partial charge in [-0.2, -0.15) is 0 Å². The first kappa shape index (κ1) is 23.1. The Morgan fingerprint density at radius 3 is 2.46 bits per heavy atom. The van der Waals surface area contributed by atoms with Gasteiger partial charge in [-0.3, -0.25) is 19.8 Å². The van der Waals surface area contributed by atoms with E-state index < -0.39 is 0 Å². The van der Waals surface area contributed by atoms with Crippen molar-refractivity contribution in [3.05, 3.63) is 94.3 Å². The van der Waals surface area contributed by atoms with E-state index in [4.69, 9.17) is 5.73 Å². The predicted octanol–water partition coefficient (Wildman–Crippen LogP) is 4.69. The number of rotatable bonds is 7. The zero-order valence-corrected chi connectivity index (χ0v) is 19.8. The van der Waals surface area contributed by atoms with E-state index in [2.05, 4.69) is 39.8 Å². The number of hydrogen-bond acceptors (Lipinski definition) is 3. The van der Waals surface area contributed by atoms with E-state index in [1.165, 1.54) is 5.56 Å². The number of nitrogens with one attached hydrogen (secondary N) is 3. The molecule has 1 heterocycles. The minimum Gasteiger partial charge on any atom is -0.349 e. The molecule has 1 aliphatic rings. The molecule has 3 aromatic carbocycles. The molecule has 0 bridgehead atoms. The molecule has 1 fully saturated rings. The van der Waals surface area contributed by atoms with Crippen molar-refractivity contribution in [2.24, 2.45) is 17.6 Å². The largest absolute Gasteiger partial charge is 0.349 e. The van der Waals surface area contributed by atoms with Gasteiger partial charge in [-0.1, -0.05) is 54.6 Å². The van der Waals surface area contributed by atoms with Crippen LogP contribution in [-0.2, 0) is 11.2 Å². The maximum absolute atomic E-state index is 13.3. The predicted molar refractivity (Wildman–Crippen MR) is 140 cm³/mol. The third-order valence-electron chi connectivity index (χ3n) is 7.35. The Kier molecular flexibility index (Phi) is 6.82. The zero-order chi connectivity index (χ0) is 24.2. The highest BCUT2D eigenvalue weighted by molar-refractivity contribution is 5.84. The fourth-order valence-electron chi connectivity index (χ4n) is 5.20. The van der Waals surface area contributed by atoms with Crippen molar-refractivity contribution in [2.45, 2.75) is 38.1 Å². The number of fused-ring (bicyclic) bond motifs is 1. The van der Waals surface area contributed by atoms with Gasteiger partial charge in [0.2, 0.25) is 5.91 Å². The Balaban J connectivity index is 1.42. The number of H-pyrrole nitrogens is 2. The molecule has 6 heteroatoms. The molecule has 1 amide bonds. The van der Waals surface area contributed by atoms with Crippen LogP contribution in [0.4, 0.5) is 0 Å². The van der Waals surface area contributed by atoms with Crippen molar-refractivity contribution in [3.63, 3.8) is 0 Å². The molecular weight excluding hydrogens is 436 g/mol. The van der Waals surface area contributed by atoms with Crippen LogP contribution in [0.25, 0.3) is 22.0 Å². The molecule has 1 aromatic heterocycles. The second kappa shape index (κ2) is 10.3. The summed E-state index contributed by atoms with van der Waals surface area (Å²) in [6, 6.07) is 24.2. The number of amides is 1. The van der Waals surface area contributed by atoms with Crippen LogP contribution < -0.4 is 16.6 Å². The number of benzene rings is 3. The van der Waals surface area contributed by atoms with Crippen molar-refractivity contribution in [1.29, 1.82) is 0 Å². The Morgan fingerprint density at radius 2 is 1.69 bits per heavy atom. The highest BCUT2D eigenvalue weighted by Gasteiger charge is 2.27. The molecule has 0 aliphatic heterocycles. The molecule has 0 spiro atoms. The molecule has 180 valence electrons. The summed E-state index contributed by atoms with van der Waals surface area (Å²) in [5.41, 5.74) is 10.7. The molecule has 1 atom stereocenters. The molecule has 1 saturated carbocycles. The van der Waals surface area contributed by atoms with E-state index in [1.807, 2.05) is 48.5 Å². The topological polar surface area (TPSA) is 104 Å². The molecule has 0 unspecified atom stereocenters. The second-order valence-electron chi connectivity index (χ2n) is 9.67. The van der Waals surface area contributed by atoms with Gasteiger partial charge in [-0.05, 0) is 85.0 Å². The van der Waals surface area contributed by atoms with Gasteiger partial charge in [0.15, 0.2) is 0 Å². The van der Waals surface area contributed by atoms with Gasteiger partial charge >= 0.3 is 0 Å². The van der Waals surface area contributed by atoms with Crippen LogP contribution >= 0.6 is 0 Å². The summed E-state index contributed by atoms with van der Waals surface area (Å²) < 4.78 is 0. The third-order valence-corrected chi connectivity index (χ3v) is 7.35. The number of carbonyl (C=O) groups is 1. The van der Waals surface area contributed by atoms with Crippen LogP contribution in [0.2, 0.25) is 0 Å². The normalized spacial score (nSPS) is 18.9. The van der Waals surface area contributed by atoms with Gasteiger partial charge in [-0.25, -0.2) is 0 Å². The molecule has 0 radical (unpaired) electrons. The molecule has 0 saturated heterocycles. The van der Waals surface area contributed by atoms with Gasteiger partial charge in [0.05, 0.1) is 16.9 Å². The number of hydrogen-bond donors (Lipinski definition) is 4. The summed E-state index contributed by atoms with van der Waals surface area (Å²) in [4.78, 5) is 25.4. The van der Waals surface area contributed by atoms with Crippen LogP contribution in [0.5, 0.6) is 0 Å². The standard InChI is InChI=1S/C29H32N4O2/c30-18-20-9-11-21(12-10-20)28(34)31-27(15-19-5-2-1-3-6-19)24-8-4-7-22(16-24)23-13-14-26-25(17-23)29(35)33-32-26/h1-8,13-14,16-17,20-21,27H,9-12,15,18,30H2,(H,31,34)(H2,32,33,35)/t20?,21?,27-/m0/s1. The fraction of sp³-hybridized carbons (Fsp3) is 0.310. The average molecular weight is 469 g/mol. The third kappa shape index (κ3) is 5.23. The Morgan fingerprint density at radius 1 is 0.914 bits per heavy atom. The lowest BCUT2D eigenvalue weighted by molar-refractivity contribution is -0.127. The van der Waals surface area contributed by atoms with Gasteiger partial charge in [0, 0.05) is 5.92 Å². The Labute approximate surface area is 204 Å². The van der Waals surface area contributed by atoms with Gasteiger partial charge in [-0.15, -0.1) is 0 Å². The Bertz CT molecular complexity index is 1350. The summed E-state index contributed by atoms with van der Waals surface area (Å²) in [6.45, 7) is 0.707. The van der Waals surface area contributed by atoms with Gasteiger partial charge in [0.25, 0.3) is 5.56 Å². The maximum Gasteiger partial charge on any atom is 0.271 e. The number of aromatic amines is 2. The van der Waals surface area contributed by atoms with Crippen LogP contribution in [0.1, 0.15) is 42.9 Å².